The lowest BCUT2D eigenvalue weighted by Gasteiger charge is -2.41. The third-order valence-electron chi connectivity index (χ3n) is 10.5. The van der Waals surface area contributed by atoms with Crippen molar-refractivity contribution in [2.75, 3.05) is 51.4 Å². The van der Waals surface area contributed by atoms with Crippen LogP contribution in [-0.2, 0) is 4.74 Å². The van der Waals surface area contributed by atoms with Crippen molar-refractivity contribution >= 4 is 27.5 Å². The zero-order chi connectivity index (χ0) is 32.5. The third-order valence-corrected chi connectivity index (χ3v) is 10.5. The van der Waals surface area contributed by atoms with E-state index in [9.17, 15) is 13.9 Å². The molecule has 0 amide bonds. The summed E-state index contributed by atoms with van der Waals surface area (Å²) in [5.41, 5.74) is -0.854. The summed E-state index contributed by atoms with van der Waals surface area (Å²) in [5, 5.41) is 15.3. The molecule has 2 bridgehead atoms. The Labute approximate surface area is 270 Å². The highest BCUT2D eigenvalue weighted by molar-refractivity contribution is 6.03. The van der Waals surface area contributed by atoms with Crippen LogP contribution in [0.25, 0.3) is 32.9 Å². The van der Waals surface area contributed by atoms with Gasteiger partial charge in [0.2, 0.25) is 0 Å². The van der Waals surface area contributed by atoms with Gasteiger partial charge in [0.1, 0.15) is 41.4 Å². The molecule has 2 aromatic carbocycles. The molecule has 0 spiro atoms. The number of hydrogen-bond donors (Lipinski definition) is 2. The molecule has 12 heteroatoms. The van der Waals surface area contributed by atoms with Gasteiger partial charge in [0.05, 0.1) is 28.6 Å². The number of benzene rings is 2. The van der Waals surface area contributed by atoms with Crippen LogP contribution in [0.15, 0.2) is 30.5 Å². The third kappa shape index (κ3) is 4.94. The molecular weight excluding hydrogens is 609 g/mol. The van der Waals surface area contributed by atoms with Gasteiger partial charge in [-0.1, -0.05) is 12.0 Å². The number of alkyl halides is 1. The van der Waals surface area contributed by atoms with Crippen LogP contribution in [-0.4, -0.2) is 94.8 Å². The Hall–Kier alpha value is -4.18. The van der Waals surface area contributed by atoms with Crippen LogP contribution in [0.5, 0.6) is 11.8 Å². The van der Waals surface area contributed by atoms with Gasteiger partial charge in [-0.3, -0.25) is 9.88 Å². The molecule has 0 saturated carbocycles. The standard InChI is InChI=1S/C35H35F3N6O3/c1-3-24-27(37)6-5-20-11-23(45)12-25(28(20)24)30-29(38)31-26(14-39-30)32(43-16-22-7-9-34(17-43,42-22)18-46-2)41-33(40-31)47-19-35-8-4-10-44(35)15-21(36)13-35/h1,5-6,11-12,14,21-22,42,45H,4,7-10,13,15-19H2,2H3/t21-,22-,34+,35+/m1/s1. The molecule has 6 heterocycles. The molecule has 4 atom stereocenters. The first-order chi connectivity index (χ1) is 22.7. The van der Waals surface area contributed by atoms with Crippen molar-refractivity contribution in [3.05, 3.63) is 47.7 Å². The summed E-state index contributed by atoms with van der Waals surface area (Å²) >= 11 is 0. The van der Waals surface area contributed by atoms with Crippen LogP contribution in [0.4, 0.5) is 19.0 Å². The number of nitrogens with zero attached hydrogens (tertiary/aromatic N) is 5. The molecule has 2 N–H and O–H groups in total. The topological polar surface area (TPSA) is 95.9 Å². The van der Waals surface area contributed by atoms with E-state index in [0.29, 0.717) is 49.3 Å². The summed E-state index contributed by atoms with van der Waals surface area (Å²) in [6.07, 6.45) is 10.3. The summed E-state index contributed by atoms with van der Waals surface area (Å²) in [4.78, 5) is 18.2. The number of phenolic OH excluding ortho intramolecular Hbond substituents is 1. The van der Waals surface area contributed by atoms with E-state index in [2.05, 4.69) is 31.0 Å². The molecule has 4 aliphatic heterocycles. The largest absolute Gasteiger partial charge is 0.508 e. The molecule has 47 heavy (non-hydrogen) atoms. The maximum absolute atomic E-state index is 16.9. The number of terminal acetylenes is 1. The Bertz CT molecular complexity index is 1950. The number of fused-ring (bicyclic) bond motifs is 5. The predicted molar refractivity (Wildman–Crippen MR) is 171 cm³/mol. The number of rotatable bonds is 7. The lowest BCUT2D eigenvalue weighted by atomic mass is 9.95. The van der Waals surface area contributed by atoms with Gasteiger partial charge in [-0.05, 0) is 55.8 Å². The normalized spacial score (nSPS) is 27.1. The van der Waals surface area contributed by atoms with Crippen LogP contribution in [0.1, 0.15) is 37.7 Å². The summed E-state index contributed by atoms with van der Waals surface area (Å²) in [6.45, 7) is 3.05. The van der Waals surface area contributed by atoms with Crippen molar-refractivity contribution in [3.63, 3.8) is 0 Å². The van der Waals surface area contributed by atoms with Crippen LogP contribution < -0.4 is 15.0 Å². The lowest BCUT2D eigenvalue weighted by Crippen LogP contribution is -2.61. The van der Waals surface area contributed by atoms with Gasteiger partial charge in [-0.25, -0.2) is 13.2 Å². The molecule has 2 aromatic heterocycles. The first kappa shape index (κ1) is 30.2. The van der Waals surface area contributed by atoms with Gasteiger partial charge in [0.25, 0.3) is 0 Å². The molecule has 8 rings (SSSR count). The second kappa shape index (κ2) is 11.2. The Morgan fingerprint density at radius 2 is 2.04 bits per heavy atom. The van der Waals surface area contributed by atoms with Gasteiger partial charge >= 0.3 is 6.01 Å². The van der Waals surface area contributed by atoms with Gasteiger partial charge in [-0.2, -0.15) is 9.97 Å². The summed E-state index contributed by atoms with van der Waals surface area (Å²) in [7, 11) is 1.68. The van der Waals surface area contributed by atoms with Crippen molar-refractivity contribution in [2.24, 2.45) is 0 Å². The highest BCUT2D eigenvalue weighted by atomic mass is 19.1. The molecule has 0 aliphatic carbocycles. The summed E-state index contributed by atoms with van der Waals surface area (Å²) in [5.74, 6) is 1.26. The minimum Gasteiger partial charge on any atom is -0.508 e. The molecular formula is C35H35F3N6O3. The number of hydrogen-bond acceptors (Lipinski definition) is 9. The zero-order valence-corrected chi connectivity index (χ0v) is 26.0. The van der Waals surface area contributed by atoms with Gasteiger partial charge in [0, 0.05) is 56.4 Å². The van der Waals surface area contributed by atoms with E-state index in [4.69, 9.17) is 20.9 Å². The van der Waals surface area contributed by atoms with Gasteiger partial charge in [0.15, 0.2) is 5.82 Å². The van der Waals surface area contributed by atoms with Crippen molar-refractivity contribution < 1.29 is 27.8 Å². The maximum atomic E-state index is 16.9. The number of aromatic hydroxyl groups is 1. The minimum atomic E-state index is -0.929. The number of nitrogens with one attached hydrogen (secondary N) is 1. The van der Waals surface area contributed by atoms with Crippen LogP contribution in [0.3, 0.4) is 0 Å². The summed E-state index contributed by atoms with van der Waals surface area (Å²) in [6, 6.07) is 5.62. The highest BCUT2D eigenvalue weighted by Gasteiger charge is 2.50. The predicted octanol–water partition coefficient (Wildman–Crippen LogP) is 4.72. The number of ether oxygens (including phenoxy) is 2. The van der Waals surface area contributed by atoms with Crippen molar-refractivity contribution in [3.8, 4) is 35.4 Å². The number of phenols is 1. The van der Waals surface area contributed by atoms with Gasteiger partial charge < -0.3 is 24.8 Å². The Morgan fingerprint density at radius 1 is 1.17 bits per heavy atom. The fourth-order valence-electron chi connectivity index (χ4n) is 8.50. The van der Waals surface area contributed by atoms with Crippen molar-refractivity contribution in [1.29, 1.82) is 0 Å². The molecule has 4 fully saturated rings. The van der Waals surface area contributed by atoms with Crippen LogP contribution >= 0.6 is 0 Å². The van der Waals surface area contributed by atoms with E-state index < -0.39 is 23.3 Å². The molecule has 4 saturated heterocycles. The van der Waals surface area contributed by atoms with E-state index in [1.54, 1.807) is 7.11 Å². The zero-order valence-electron chi connectivity index (χ0n) is 26.0. The Kier molecular flexibility index (Phi) is 7.20. The van der Waals surface area contributed by atoms with Crippen LogP contribution in [0.2, 0.25) is 0 Å². The fourth-order valence-corrected chi connectivity index (χ4v) is 8.50. The number of aromatic nitrogens is 3. The van der Waals surface area contributed by atoms with Crippen molar-refractivity contribution in [2.45, 2.75) is 55.4 Å². The van der Waals surface area contributed by atoms with E-state index in [-0.39, 0.29) is 57.7 Å². The number of piperazine rings is 1. The smallest absolute Gasteiger partial charge is 0.319 e. The second-order valence-electron chi connectivity index (χ2n) is 13.5. The lowest BCUT2D eigenvalue weighted by molar-refractivity contribution is 0.107. The van der Waals surface area contributed by atoms with E-state index >= 15 is 4.39 Å². The first-order valence-electron chi connectivity index (χ1n) is 16.0. The van der Waals surface area contributed by atoms with Gasteiger partial charge in [-0.15, -0.1) is 6.42 Å². The van der Waals surface area contributed by atoms with Crippen LogP contribution in [0, 0.1) is 24.0 Å². The van der Waals surface area contributed by atoms with E-state index in [1.807, 2.05) is 0 Å². The monoisotopic (exact) mass is 644 g/mol. The Balaban J connectivity index is 1.28. The summed E-state index contributed by atoms with van der Waals surface area (Å²) < 4.78 is 58.1. The molecule has 0 radical (unpaired) electrons. The maximum Gasteiger partial charge on any atom is 0.319 e. The number of anilines is 1. The molecule has 4 aromatic rings. The molecule has 244 valence electrons. The minimum absolute atomic E-state index is 0.0186. The van der Waals surface area contributed by atoms with E-state index in [1.165, 1.54) is 30.5 Å². The van der Waals surface area contributed by atoms with Crippen molar-refractivity contribution in [1.82, 2.24) is 25.2 Å². The average molecular weight is 645 g/mol. The number of methoxy groups -OCH3 is 1. The molecule has 9 nitrogen and oxygen atoms in total. The average Bonchev–Trinajstić information content (AvgIpc) is 3.68. The number of pyridine rings is 1. The quantitative estimate of drug-likeness (QED) is 0.277. The molecule has 4 aliphatic rings. The fraction of sp³-hybridized carbons (Fsp3) is 0.457. The second-order valence-corrected chi connectivity index (χ2v) is 13.5. The molecule has 0 unspecified atom stereocenters. The highest BCUT2D eigenvalue weighted by Crippen LogP contribution is 2.42. The Morgan fingerprint density at radius 3 is 2.87 bits per heavy atom. The SMILES string of the molecule is C#Cc1c(F)ccc2cc(O)cc(-c3ncc4c(N5C[C@H]6CC[C@@](COC)(C5)N6)nc(OC[C@@]56CCCN5C[C@H](F)C6)nc4c3F)c12. The first-order valence-corrected chi connectivity index (χ1v) is 16.0. The van der Waals surface area contributed by atoms with E-state index in [0.717, 1.165) is 32.2 Å². The number of halogens is 3.